The van der Waals surface area contributed by atoms with Crippen molar-refractivity contribution >= 4 is 17.4 Å². The van der Waals surface area contributed by atoms with Crippen LogP contribution >= 0.6 is 0 Å². The molecule has 0 aliphatic carbocycles. The minimum Gasteiger partial charge on any atom is -0.492 e. The van der Waals surface area contributed by atoms with E-state index in [0.717, 1.165) is 37.4 Å². The predicted octanol–water partition coefficient (Wildman–Crippen LogP) is 7.24. The smallest absolute Gasteiger partial charge is 0.328 e. The van der Waals surface area contributed by atoms with Crippen molar-refractivity contribution in [3.63, 3.8) is 0 Å². The van der Waals surface area contributed by atoms with Gasteiger partial charge in [-0.3, -0.25) is 9.69 Å². The maximum Gasteiger partial charge on any atom is 0.328 e. The van der Waals surface area contributed by atoms with Gasteiger partial charge < -0.3 is 14.8 Å². The first-order valence-electron chi connectivity index (χ1n) is 15.6. The zero-order valence-electron chi connectivity index (χ0n) is 26.2. The molecule has 6 nitrogen and oxygen atoms in total. The molecular formula is C40H40N2O4. The van der Waals surface area contributed by atoms with E-state index >= 15 is 0 Å². The molecule has 46 heavy (non-hydrogen) atoms. The van der Waals surface area contributed by atoms with Crippen molar-refractivity contribution in [2.24, 2.45) is 0 Å². The summed E-state index contributed by atoms with van der Waals surface area (Å²) >= 11 is 0. The Hall–Kier alpha value is -5.20. The van der Waals surface area contributed by atoms with Gasteiger partial charge in [0.05, 0.1) is 7.11 Å². The minimum atomic E-state index is -0.683. The van der Waals surface area contributed by atoms with Crippen LogP contribution in [0.3, 0.4) is 0 Å². The quantitative estimate of drug-likeness (QED) is 0.0936. The molecule has 0 spiro atoms. The van der Waals surface area contributed by atoms with E-state index in [9.17, 15) is 9.59 Å². The van der Waals surface area contributed by atoms with E-state index in [1.807, 2.05) is 72.8 Å². The van der Waals surface area contributed by atoms with Crippen molar-refractivity contribution < 1.29 is 19.1 Å². The second-order valence-electron chi connectivity index (χ2n) is 11.2. The number of hydrogen-bond donors (Lipinski definition) is 1. The Kier molecular flexibility index (Phi) is 11.7. The highest BCUT2D eigenvalue weighted by molar-refractivity contribution is 6.12. The Morgan fingerprint density at radius 1 is 0.674 bits per heavy atom. The number of benzene rings is 5. The molecule has 0 saturated carbocycles. The molecule has 0 fully saturated rings. The van der Waals surface area contributed by atoms with Crippen LogP contribution in [0.25, 0.3) is 0 Å². The molecule has 5 aromatic carbocycles. The molecule has 6 heteroatoms. The lowest BCUT2D eigenvalue weighted by molar-refractivity contribution is -0.141. The fraction of sp³-hybridized carbons (Fsp3) is 0.200. The number of ether oxygens (including phenoxy) is 2. The number of carbonyl (C=O) groups excluding carboxylic acids is 2. The molecule has 0 radical (unpaired) electrons. The average Bonchev–Trinajstić information content (AvgIpc) is 3.11. The number of rotatable bonds is 16. The molecule has 0 aromatic heterocycles. The Bertz CT molecular complexity index is 1660. The van der Waals surface area contributed by atoms with Crippen LogP contribution in [0.15, 0.2) is 140 Å². The van der Waals surface area contributed by atoms with Crippen molar-refractivity contribution in [2.75, 3.05) is 32.1 Å². The zero-order valence-corrected chi connectivity index (χ0v) is 26.2. The second-order valence-corrected chi connectivity index (χ2v) is 11.2. The second kappa shape index (κ2) is 16.8. The van der Waals surface area contributed by atoms with Crippen LogP contribution in [0.2, 0.25) is 0 Å². The number of nitrogens with one attached hydrogen (secondary N) is 1. The highest BCUT2D eigenvalue weighted by Gasteiger charge is 2.22. The highest BCUT2D eigenvalue weighted by atomic mass is 16.5. The lowest BCUT2D eigenvalue weighted by Crippen LogP contribution is -2.33. The molecule has 1 N–H and O–H groups in total. The van der Waals surface area contributed by atoms with Crippen molar-refractivity contribution in [3.8, 4) is 5.75 Å². The summed E-state index contributed by atoms with van der Waals surface area (Å²) in [6.45, 7) is 3.14. The summed E-state index contributed by atoms with van der Waals surface area (Å²) in [4.78, 5) is 28.5. The van der Waals surface area contributed by atoms with Crippen LogP contribution in [0, 0.1) is 0 Å². The zero-order chi connectivity index (χ0) is 32.0. The van der Waals surface area contributed by atoms with Crippen LogP contribution < -0.4 is 10.1 Å². The maximum atomic E-state index is 13.2. The molecule has 5 aromatic rings. The molecule has 5 rings (SSSR count). The van der Waals surface area contributed by atoms with Crippen molar-refractivity contribution in [1.82, 2.24) is 4.90 Å². The topological polar surface area (TPSA) is 67.9 Å². The molecule has 0 heterocycles. The summed E-state index contributed by atoms with van der Waals surface area (Å²) in [6, 6.07) is 44.5. The summed E-state index contributed by atoms with van der Waals surface area (Å²) in [5, 5.41) is 3.27. The Balaban J connectivity index is 1.19. The number of anilines is 1. The summed E-state index contributed by atoms with van der Waals surface area (Å²) in [5.41, 5.74) is 5.20. The van der Waals surface area contributed by atoms with Gasteiger partial charge in [0, 0.05) is 42.9 Å². The van der Waals surface area contributed by atoms with Crippen molar-refractivity contribution in [2.45, 2.75) is 25.4 Å². The van der Waals surface area contributed by atoms with Crippen LogP contribution in [0.1, 0.15) is 32.6 Å². The van der Waals surface area contributed by atoms with Crippen LogP contribution in [-0.4, -0.2) is 49.5 Å². The van der Waals surface area contributed by atoms with Crippen molar-refractivity contribution in [3.05, 3.63) is 167 Å². The van der Waals surface area contributed by atoms with Crippen LogP contribution in [0.5, 0.6) is 5.75 Å². The van der Waals surface area contributed by atoms with Gasteiger partial charge >= 0.3 is 5.97 Å². The van der Waals surface area contributed by atoms with E-state index in [1.54, 1.807) is 18.2 Å². The van der Waals surface area contributed by atoms with E-state index in [1.165, 1.54) is 18.2 Å². The normalized spacial score (nSPS) is 11.5. The van der Waals surface area contributed by atoms with Gasteiger partial charge in [-0.05, 0) is 47.4 Å². The average molecular weight is 613 g/mol. The molecule has 0 saturated heterocycles. The standard InChI is InChI=1S/C40H40N2O4/c1-45-40(44)38(41-37-20-12-11-19-36(37)39(43)34-17-9-4-10-18-34)29-32-21-23-35(24-22-32)46-28-27-42(30-33-15-7-3-8-16-33)26-25-31-13-5-2-6-14-31/h2-24,38,41H,25-30H2,1H3/t38-/m0/s1. The first-order valence-corrected chi connectivity index (χ1v) is 15.6. The first-order chi connectivity index (χ1) is 22.6. The van der Waals surface area contributed by atoms with Gasteiger partial charge in [0.2, 0.25) is 0 Å². The molecule has 0 unspecified atom stereocenters. The predicted molar refractivity (Wildman–Crippen MR) is 183 cm³/mol. The molecule has 0 aliphatic heterocycles. The lowest BCUT2D eigenvalue weighted by Gasteiger charge is -2.23. The molecule has 0 amide bonds. The van der Waals surface area contributed by atoms with Crippen LogP contribution in [0.4, 0.5) is 5.69 Å². The monoisotopic (exact) mass is 612 g/mol. The molecular weight excluding hydrogens is 572 g/mol. The SMILES string of the molecule is COC(=O)[C@H](Cc1ccc(OCCN(CCc2ccccc2)Cc2ccccc2)cc1)Nc1ccccc1C(=O)c1ccccc1. The third-order valence-corrected chi connectivity index (χ3v) is 7.87. The van der Waals surface area contributed by atoms with Gasteiger partial charge in [0.15, 0.2) is 5.78 Å². The molecule has 234 valence electrons. The van der Waals surface area contributed by atoms with Gasteiger partial charge in [-0.25, -0.2) is 4.79 Å². The third kappa shape index (κ3) is 9.40. The number of hydrogen-bond acceptors (Lipinski definition) is 6. The van der Waals surface area contributed by atoms with Gasteiger partial charge in [0.25, 0.3) is 0 Å². The fourth-order valence-electron chi connectivity index (χ4n) is 5.37. The van der Waals surface area contributed by atoms with Gasteiger partial charge in [-0.1, -0.05) is 115 Å². The Labute approximate surface area is 271 Å². The minimum absolute atomic E-state index is 0.115. The third-order valence-electron chi connectivity index (χ3n) is 7.87. The summed E-state index contributed by atoms with van der Waals surface area (Å²) in [7, 11) is 1.37. The largest absolute Gasteiger partial charge is 0.492 e. The highest BCUT2D eigenvalue weighted by Crippen LogP contribution is 2.22. The van der Waals surface area contributed by atoms with Gasteiger partial charge in [-0.2, -0.15) is 0 Å². The van der Waals surface area contributed by atoms with E-state index in [4.69, 9.17) is 9.47 Å². The number of esters is 1. The summed E-state index contributed by atoms with van der Waals surface area (Å²) < 4.78 is 11.3. The number of para-hydroxylation sites is 1. The van der Waals surface area contributed by atoms with Crippen LogP contribution in [-0.2, 0) is 28.9 Å². The van der Waals surface area contributed by atoms with E-state index in [2.05, 4.69) is 58.7 Å². The van der Waals surface area contributed by atoms with Gasteiger partial charge in [-0.15, -0.1) is 0 Å². The number of methoxy groups -OCH3 is 1. The van der Waals surface area contributed by atoms with E-state index in [0.29, 0.717) is 29.8 Å². The van der Waals surface area contributed by atoms with E-state index in [-0.39, 0.29) is 5.78 Å². The molecule has 0 bridgehead atoms. The first kappa shape index (κ1) is 32.2. The maximum absolute atomic E-state index is 13.2. The lowest BCUT2D eigenvalue weighted by atomic mass is 10.00. The fourth-order valence-corrected chi connectivity index (χ4v) is 5.37. The van der Waals surface area contributed by atoms with Crippen molar-refractivity contribution in [1.29, 1.82) is 0 Å². The number of carbonyl (C=O) groups is 2. The number of ketones is 1. The molecule has 0 aliphatic rings. The summed E-state index contributed by atoms with van der Waals surface area (Å²) in [6.07, 6.45) is 1.35. The van der Waals surface area contributed by atoms with E-state index < -0.39 is 12.0 Å². The summed E-state index contributed by atoms with van der Waals surface area (Å²) in [5.74, 6) is 0.250. The Morgan fingerprint density at radius 3 is 1.96 bits per heavy atom. The molecule has 1 atom stereocenters. The number of nitrogens with zero attached hydrogens (tertiary/aromatic N) is 1. The Morgan fingerprint density at radius 2 is 1.28 bits per heavy atom. The van der Waals surface area contributed by atoms with Gasteiger partial charge in [0.1, 0.15) is 18.4 Å².